The monoisotopic (exact) mass is 343 g/mol. The van der Waals surface area contributed by atoms with Gasteiger partial charge < -0.3 is 0 Å². The van der Waals surface area contributed by atoms with Crippen molar-refractivity contribution in [3.05, 3.63) is 47.8 Å². The molecule has 1 aliphatic rings. The lowest BCUT2D eigenvalue weighted by molar-refractivity contribution is -0.146. The molecule has 1 aromatic carbocycles. The van der Waals surface area contributed by atoms with Gasteiger partial charge in [-0.25, -0.2) is 0 Å². The lowest BCUT2D eigenvalue weighted by Gasteiger charge is -2.35. The third kappa shape index (κ3) is 2.43. The van der Waals surface area contributed by atoms with Crippen LogP contribution in [0.1, 0.15) is 30.7 Å². The van der Waals surface area contributed by atoms with Crippen LogP contribution >= 0.6 is 0 Å². The molecule has 1 fully saturated rings. The van der Waals surface area contributed by atoms with E-state index in [9.17, 15) is 18.4 Å². The van der Waals surface area contributed by atoms with Gasteiger partial charge in [0.05, 0.1) is 17.2 Å². The highest BCUT2D eigenvalue weighted by molar-refractivity contribution is 5.61. The molecule has 0 bridgehead atoms. The lowest BCUT2D eigenvalue weighted by Crippen LogP contribution is -2.32. The minimum Gasteiger partial charge on any atom is -0.197 e. The highest BCUT2D eigenvalue weighted by Crippen LogP contribution is 2.43. The van der Waals surface area contributed by atoms with Gasteiger partial charge in [-0.15, -0.1) is 10.2 Å². The van der Waals surface area contributed by atoms with Crippen molar-refractivity contribution in [2.75, 3.05) is 0 Å². The zero-order valence-electron chi connectivity index (χ0n) is 13.0. The van der Waals surface area contributed by atoms with E-state index in [2.05, 4.69) is 21.4 Å². The van der Waals surface area contributed by atoms with E-state index in [1.807, 2.05) is 12.1 Å². The molecule has 3 aromatic rings. The zero-order chi connectivity index (χ0) is 17.7. The summed E-state index contributed by atoms with van der Waals surface area (Å²) >= 11 is 0. The third-order valence-corrected chi connectivity index (χ3v) is 4.67. The highest BCUT2D eigenvalue weighted by Gasteiger charge is 2.39. The fraction of sp³-hybridized carbons (Fsp3) is 0.294. The summed E-state index contributed by atoms with van der Waals surface area (Å²) in [5.41, 5.74) is 1.59. The lowest BCUT2D eigenvalue weighted by atomic mass is 9.65. The quantitative estimate of drug-likeness (QED) is 0.711. The molecule has 0 amide bonds. The maximum absolute atomic E-state index is 13.0. The normalized spacial score (nSPS) is 16.4. The van der Waals surface area contributed by atoms with Crippen molar-refractivity contribution in [1.29, 1.82) is 5.26 Å². The van der Waals surface area contributed by atoms with Gasteiger partial charge in [-0.3, -0.25) is 0 Å². The van der Waals surface area contributed by atoms with Crippen LogP contribution in [0.2, 0.25) is 0 Å². The van der Waals surface area contributed by atoms with Crippen LogP contribution in [0, 0.1) is 11.3 Å². The summed E-state index contributed by atoms with van der Waals surface area (Å²) in [5, 5.41) is 20.1. The summed E-state index contributed by atoms with van der Waals surface area (Å²) in [5.74, 6) is -1.15. The predicted molar refractivity (Wildman–Crippen MR) is 82.4 cm³/mol. The molecule has 0 N–H and O–H groups in total. The highest BCUT2D eigenvalue weighted by atomic mass is 19.4. The van der Waals surface area contributed by atoms with E-state index in [4.69, 9.17) is 0 Å². The maximum atomic E-state index is 13.0. The van der Waals surface area contributed by atoms with Gasteiger partial charge in [-0.1, -0.05) is 24.3 Å². The average molecular weight is 343 g/mol. The fourth-order valence-electron chi connectivity index (χ4n) is 3.07. The molecule has 0 spiro atoms. The van der Waals surface area contributed by atoms with Crippen molar-refractivity contribution in [1.82, 2.24) is 19.8 Å². The summed E-state index contributed by atoms with van der Waals surface area (Å²) in [6, 6.07) is 12.7. The second-order valence-corrected chi connectivity index (χ2v) is 6.13. The number of nitriles is 1. The molecule has 0 saturated heterocycles. The van der Waals surface area contributed by atoms with E-state index in [0.29, 0.717) is 15.8 Å². The average Bonchev–Trinajstić information content (AvgIpc) is 2.98. The molecule has 8 heteroatoms. The predicted octanol–water partition coefficient (Wildman–Crippen LogP) is 3.76. The van der Waals surface area contributed by atoms with Crippen LogP contribution < -0.4 is 0 Å². The van der Waals surface area contributed by atoms with Crippen LogP contribution in [0.5, 0.6) is 0 Å². The van der Waals surface area contributed by atoms with E-state index in [-0.39, 0.29) is 5.65 Å². The molecule has 0 radical (unpaired) electrons. The second-order valence-electron chi connectivity index (χ2n) is 6.13. The van der Waals surface area contributed by atoms with Crippen molar-refractivity contribution in [3.63, 3.8) is 0 Å². The number of nitrogens with zero attached hydrogens (tertiary/aromatic N) is 5. The van der Waals surface area contributed by atoms with Crippen LogP contribution in [-0.4, -0.2) is 19.8 Å². The number of benzene rings is 1. The molecule has 25 heavy (non-hydrogen) atoms. The Labute approximate surface area is 140 Å². The van der Waals surface area contributed by atoms with Gasteiger partial charge in [-0.05, 0) is 37.0 Å². The van der Waals surface area contributed by atoms with E-state index in [1.165, 1.54) is 6.07 Å². The van der Waals surface area contributed by atoms with E-state index in [0.717, 1.165) is 24.8 Å². The van der Waals surface area contributed by atoms with Gasteiger partial charge in [0.15, 0.2) is 5.65 Å². The first-order valence-electron chi connectivity index (χ1n) is 7.75. The molecule has 4 rings (SSSR count). The molecule has 0 atom stereocenters. The number of halogens is 3. The number of rotatable bonds is 2. The van der Waals surface area contributed by atoms with E-state index < -0.39 is 17.4 Å². The van der Waals surface area contributed by atoms with Crippen molar-refractivity contribution < 1.29 is 13.2 Å². The number of alkyl halides is 3. The van der Waals surface area contributed by atoms with Gasteiger partial charge in [0.1, 0.15) is 0 Å². The van der Waals surface area contributed by atoms with Crippen molar-refractivity contribution in [2.24, 2.45) is 0 Å². The number of hydrogen-bond donors (Lipinski definition) is 0. The van der Waals surface area contributed by atoms with Crippen LogP contribution in [0.4, 0.5) is 13.2 Å². The van der Waals surface area contributed by atoms with Gasteiger partial charge in [0.25, 0.3) is 5.82 Å². The molecule has 0 aliphatic heterocycles. The first kappa shape index (κ1) is 15.6. The Hall–Kier alpha value is -2.95. The Balaban J connectivity index is 1.74. The van der Waals surface area contributed by atoms with E-state index in [1.54, 1.807) is 18.2 Å². The fourth-order valence-corrected chi connectivity index (χ4v) is 3.07. The van der Waals surface area contributed by atoms with Gasteiger partial charge in [-0.2, -0.15) is 28.0 Å². The largest absolute Gasteiger partial charge is 0.453 e. The van der Waals surface area contributed by atoms with Crippen LogP contribution in [0.3, 0.4) is 0 Å². The number of hydrogen-bond acceptors (Lipinski definition) is 4. The summed E-state index contributed by atoms with van der Waals surface area (Å²) in [6.07, 6.45) is -1.93. The molecule has 126 valence electrons. The summed E-state index contributed by atoms with van der Waals surface area (Å²) in [7, 11) is 0. The summed E-state index contributed by atoms with van der Waals surface area (Å²) in [6.45, 7) is 0. The van der Waals surface area contributed by atoms with Crippen LogP contribution in [-0.2, 0) is 11.6 Å². The Bertz CT molecular complexity index is 978. The van der Waals surface area contributed by atoms with Crippen molar-refractivity contribution in [3.8, 4) is 17.3 Å². The van der Waals surface area contributed by atoms with Gasteiger partial charge in [0.2, 0.25) is 0 Å². The minimum absolute atomic E-state index is 0.0330. The van der Waals surface area contributed by atoms with Gasteiger partial charge in [0, 0.05) is 5.56 Å². The Morgan fingerprint density at radius 1 is 1.04 bits per heavy atom. The first-order chi connectivity index (χ1) is 11.9. The molecule has 2 aromatic heterocycles. The smallest absolute Gasteiger partial charge is 0.197 e. The number of aromatic nitrogens is 4. The van der Waals surface area contributed by atoms with E-state index >= 15 is 0 Å². The van der Waals surface area contributed by atoms with Crippen LogP contribution in [0.15, 0.2) is 36.4 Å². The maximum Gasteiger partial charge on any atom is 0.453 e. The molecule has 1 saturated carbocycles. The molecular formula is C17H12F3N5. The standard InChI is InChI=1S/C17H12F3N5/c18-17(19,20)15-23-22-14-7-6-13(24-25(14)15)11-2-4-12(5-3-11)16(10-21)8-1-9-16/h2-7H,1,8-9H2. The minimum atomic E-state index is -4.63. The molecule has 1 aliphatic carbocycles. The first-order valence-corrected chi connectivity index (χ1v) is 7.75. The summed E-state index contributed by atoms with van der Waals surface area (Å²) in [4.78, 5) is 0. The Morgan fingerprint density at radius 2 is 1.76 bits per heavy atom. The van der Waals surface area contributed by atoms with Crippen molar-refractivity contribution in [2.45, 2.75) is 30.9 Å². The second kappa shape index (κ2) is 5.28. The molecule has 5 nitrogen and oxygen atoms in total. The zero-order valence-corrected chi connectivity index (χ0v) is 13.0. The SMILES string of the molecule is N#CC1(c2ccc(-c3ccc4nnc(C(F)(F)F)n4n3)cc2)CCC1. The van der Waals surface area contributed by atoms with Gasteiger partial charge >= 0.3 is 6.18 Å². The molecule has 2 heterocycles. The third-order valence-electron chi connectivity index (χ3n) is 4.67. The van der Waals surface area contributed by atoms with Crippen LogP contribution in [0.25, 0.3) is 16.9 Å². The number of fused-ring (bicyclic) bond motifs is 1. The molecule has 0 unspecified atom stereocenters. The summed E-state index contributed by atoms with van der Waals surface area (Å²) < 4.78 is 39.6. The van der Waals surface area contributed by atoms with Crippen molar-refractivity contribution >= 4 is 5.65 Å². The Kier molecular flexibility index (Phi) is 3.29. The topological polar surface area (TPSA) is 66.9 Å². The Morgan fingerprint density at radius 3 is 2.32 bits per heavy atom. The molecular weight excluding hydrogens is 331 g/mol.